The lowest BCUT2D eigenvalue weighted by atomic mass is 10.0. The van der Waals surface area contributed by atoms with Crippen molar-refractivity contribution in [3.8, 4) is 0 Å². The Hall–Kier alpha value is -0.420. The average molecular weight is 282 g/mol. The SMILES string of the molecule is Cc1ccsc1C(C)NCC(C)(C)N1CCOCC1. The minimum Gasteiger partial charge on any atom is -0.379 e. The molecule has 19 heavy (non-hydrogen) atoms. The van der Waals surface area contributed by atoms with E-state index < -0.39 is 0 Å². The van der Waals surface area contributed by atoms with Crippen LogP contribution < -0.4 is 5.32 Å². The minimum atomic E-state index is 0.184. The fourth-order valence-corrected chi connectivity index (χ4v) is 3.56. The quantitative estimate of drug-likeness (QED) is 0.899. The van der Waals surface area contributed by atoms with E-state index in [1.165, 1.54) is 10.4 Å². The van der Waals surface area contributed by atoms with E-state index in [0.29, 0.717) is 6.04 Å². The fourth-order valence-electron chi connectivity index (χ4n) is 2.60. The zero-order valence-corrected chi connectivity index (χ0v) is 13.3. The zero-order valence-electron chi connectivity index (χ0n) is 12.5. The molecule has 0 saturated carbocycles. The average Bonchev–Trinajstić information content (AvgIpc) is 2.83. The van der Waals surface area contributed by atoms with Gasteiger partial charge in [0.2, 0.25) is 0 Å². The van der Waals surface area contributed by atoms with Crippen LogP contribution in [-0.4, -0.2) is 43.3 Å². The molecule has 2 heterocycles. The number of morpholine rings is 1. The van der Waals surface area contributed by atoms with E-state index in [1.54, 1.807) is 0 Å². The Labute approximate surface area is 121 Å². The van der Waals surface area contributed by atoms with E-state index in [0.717, 1.165) is 32.8 Å². The monoisotopic (exact) mass is 282 g/mol. The summed E-state index contributed by atoms with van der Waals surface area (Å²) in [7, 11) is 0. The Morgan fingerprint density at radius 1 is 1.42 bits per heavy atom. The summed E-state index contributed by atoms with van der Waals surface area (Å²) in [5.41, 5.74) is 1.58. The summed E-state index contributed by atoms with van der Waals surface area (Å²) < 4.78 is 5.43. The van der Waals surface area contributed by atoms with Gasteiger partial charge in [-0.05, 0) is 44.7 Å². The third kappa shape index (κ3) is 3.78. The molecule has 108 valence electrons. The number of nitrogens with one attached hydrogen (secondary N) is 1. The van der Waals surface area contributed by atoms with Crippen molar-refractivity contribution < 1.29 is 4.74 Å². The van der Waals surface area contributed by atoms with Crippen LogP contribution in [0.4, 0.5) is 0 Å². The molecule has 1 aromatic heterocycles. The number of hydrogen-bond acceptors (Lipinski definition) is 4. The van der Waals surface area contributed by atoms with Gasteiger partial charge in [-0.25, -0.2) is 0 Å². The van der Waals surface area contributed by atoms with Crippen LogP contribution in [0.25, 0.3) is 0 Å². The molecular formula is C15H26N2OS. The van der Waals surface area contributed by atoms with Gasteiger partial charge in [0.05, 0.1) is 13.2 Å². The third-order valence-corrected chi connectivity index (χ3v) is 5.20. The summed E-state index contributed by atoms with van der Waals surface area (Å²) in [6.45, 7) is 13.9. The lowest BCUT2D eigenvalue weighted by Gasteiger charge is -2.41. The van der Waals surface area contributed by atoms with Gasteiger partial charge in [0.25, 0.3) is 0 Å². The maximum Gasteiger partial charge on any atom is 0.0594 e. The van der Waals surface area contributed by atoms with Crippen LogP contribution in [0.1, 0.15) is 37.3 Å². The molecule has 1 saturated heterocycles. The van der Waals surface area contributed by atoms with Crippen LogP contribution in [0.2, 0.25) is 0 Å². The molecule has 1 aliphatic rings. The van der Waals surface area contributed by atoms with Gasteiger partial charge >= 0.3 is 0 Å². The van der Waals surface area contributed by atoms with E-state index in [9.17, 15) is 0 Å². The summed E-state index contributed by atoms with van der Waals surface area (Å²) in [5.74, 6) is 0. The minimum absolute atomic E-state index is 0.184. The molecule has 4 heteroatoms. The highest BCUT2D eigenvalue weighted by atomic mass is 32.1. The number of ether oxygens (including phenoxy) is 1. The van der Waals surface area contributed by atoms with Crippen molar-refractivity contribution in [3.05, 3.63) is 21.9 Å². The fraction of sp³-hybridized carbons (Fsp3) is 0.733. The van der Waals surface area contributed by atoms with Crippen molar-refractivity contribution in [2.24, 2.45) is 0 Å². The van der Waals surface area contributed by atoms with Crippen molar-refractivity contribution in [1.29, 1.82) is 0 Å². The number of hydrogen-bond donors (Lipinski definition) is 1. The molecule has 3 nitrogen and oxygen atoms in total. The van der Waals surface area contributed by atoms with Gasteiger partial charge in [0.1, 0.15) is 0 Å². The number of rotatable bonds is 5. The second kappa shape index (κ2) is 6.35. The lowest BCUT2D eigenvalue weighted by molar-refractivity contribution is -0.0102. The van der Waals surface area contributed by atoms with Crippen molar-refractivity contribution in [2.45, 2.75) is 39.3 Å². The molecule has 1 aromatic rings. The zero-order chi connectivity index (χ0) is 13.9. The van der Waals surface area contributed by atoms with Gasteiger partial charge in [-0.1, -0.05) is 0 Å². The summed E-state index contributed by atoms with van der Waals surface area (Å²) in [6, 6.07) is 2.63. The normalized spacial score (nSPS) is 19.6. The molecule has 2 rings (SSSR count). The maximum absolute atomic E-state index is 5.43. The van der Waals surface area contributed by atoms with Gasteiger partial charge in [0.15, 0.2) is 0 Å². The molecule has 0 amide bonds. The first-order chi connectivity index (χ1) is 9.00. The number of nitrogens with zero attached hydrogens (tertiary/aromatic N) is 1. The molecule has 1 unspecified atom stereocenters. The Morgan fingerprint density at radius 2 is 2.11 bits per heavy atom. The number of aryl methyl sites for hydroxylation is 1. The first-order valence-electron chi connectivity index (χ1n) is 7.11. The first-order valence-corrected chi connectivity index (χ1v) is 7.99. The van der Waals surface area contributed by atoms with Gasteiger partial charge in [-0.15, -0.1) is 11.3 Å². The van der Waals surface area contributed by atoms with Crippen LogP contribution in [0.3, 0.4) is 0 Å². The van der Waals surface area contributed by atoms with E-state index >= 15 is 0 Å². The Kier molecular flexibility index (Phi) is 5.01. The van der Waals surface area contributed by atoms with Gasteiger partial charge in [0, 0.05) is 36.1 Å². The Balaban J connectivity index is 1.88. The molecule has 1 atom stereocenters. The summed E-state index contributed by atoms with van der Waals surface area (Å²) in [6.07, 6.45) is 0. The molecule has 1 aliphatic heterocycles. The van der Waals surface area contributed by atoms with Crippen LogP contribution in [0.15, 0.2) is 11.4 Å². The number of thiophene rings is 1. The first kappa shape index (κ1) is 15.0. The van der Waals surface area contributed by atoms with Crippen molar-refractivity contribution in [1.82, 2.24) is 10.2 Å². The summed E-state index contributed by atoms with van der Waals surface area (Å²) in [4.78, 5) is 3.98. The van der Waals surface area contributed by atoms with Gasteiger partial charge in [-0.2, -0.15) is 0 Å². The summed E-state index contributed by atoms with van der Waals surface area (Å²) >= 11 is 1.85. The predicted octanol–water partition coefficient (Wildman–Crippen LogP) is 2.82. The van der Waals surface area contributed by atoms with Gasteiger partial charge < -0.3 is 10.1 Å². The maximum atomic E-state index is 5.43. The van der Waals surface area contributed by atoms with Gasteiger partial charge in [-0.3, -0.25) is 4.90 Å². The van der Waals surface area contributed by atoms with Crippen LogP contribution >= 0.6 is 11.3 Å². The van der Waals surface area contributed by atoms with E-state index in [4.69, 9.17) is 4.74 Å². The highest BCUT2D eigenvalue weighted by Gasteiger charge is 2.28. The molecule has 0 aromatic carbocycles. The van der Waals surface area contributed by atoms with E-state index in [1.807, 2.05) is 11.3 Å². The summed E-state index contributed by atoms with van der Waals surface area (Å²) in [5, 5.41) is 5.87. The second-order valence-corrected chi connectivity index (χ2v) is 6.93. The Bertz CT molecular complexity index is 397. The largest absolute Gasteiger partial charge is 0.379 e. The molecule has 0 radical (unpaired) electrons. The third-order valence-electron chi connectivity index (χ3n) is 4.00. The molecule has 0 spiro atoms. The van der Waals surface area contributed by atoms with Crippen molar-refractivity contribution in [2.75, 3.05) is 32.8 Å². The molecule has 0 aliphatic carbocycles. The topological polar surface area (TPSA) is 24.5 Å². The molecule has 1 fully saturated rings. The molecular weight excluding hydrogens is 256 g/mol. The van der Waals surface area contributed by atoms with E-state index in [2.05, 4.69) is 49.4 Å². The molecule has 0 bridgehead atoms. The smallest absolute Gasteiger partial charge is 0.0594 e. The van der Waals surface area contributed by atoms with Crippen LogP contribution in [0, 0.1) is 6.92 Å². The van der Waals surface area contributed by atoms with Crippen molar-refractivity contribution >= 4 is 11.3 Å². The highest BCUT2D eigenvalue weighted by Crippen LogP contribution is 2.24. The molecule has 1 N–H and O–H groups in total. The Morgan fingerprint density at radius 3 is 2.68 bits per heavy atom. The second-order valence-electron chi connectivity index (χ2n) is 5.98. The van der Waals surface area contributed by atoms with E-state index in [-0.39, 0.29) is 5.54 Å². The predicted molar refractivity (Wildman–Crippen MR) is 81.9 cm³/mol. The lowest BCUT2D eigenvalue weighted by Crippen LogP contribution is -2.54. The van der Waals surface area contributed by atoms with Crippen LogP contribution in [-0.2, 0) is 4.74 Å². The van der Waals surface area contributed by atoms with Crippen LogP contribution in [0.5, 0.6) is 0 Å². The highest BCUT2D eigenvalue weighted by molar-refractivity contribution is 7.10. The standard InChI is InChI=1S/C15H26N2OS/c1-12-5-10-19-14(12)13(2)16-11-15(3,4)17-6-8-18-9-7-17/h5,10,13,16H,6-9,11H2,1-4H3. The van der Waals surface area contributed by atoms with Crippen molar-refractivity contribution in [3.63, 3.8) is 0 Å².